The monoisotopic (exact) mass is 390 g/mol. The average molecular weight is 391 g/mol. The summed E-state index contributed by atoms with van der Waals surface area (Å²) in [5.41, 5.74) is 2.73. The van der Waals surface area contributed by atoms with Crippen molar-refractivity contribution in [3.05, 3.63) is 62.6 Å². The quantitative estimate of drug-likeness (QED) is 0.504. The van der Waals surface area contributed by atoms with E-state index in [0.717, 1.165) is 15.7 Å². The molecule has 0 aliphatic carbocycles. The summed E-state index contributed by atoms with van der Waals surface area (Å²) in [5, 5.41) is 23.5. The molecule has 3 rings (SSSR count). The zero-order valence-corrected chi connectivity index (χ0v) is 14.4. The number of benzene rings is 2. The lowest BCUT2D eigenvalue weighted by Gasteiger charge is -2.04. The second kappa shape index (κ2) is 6.43. The number of anilines is 2. The van der Waals surface area contributed by atoms with Crippen LogP contribution in [0.4, 0.5) is 16.5 Å². The Balaban J connectivity index is 1.84. The van der Waals surface area contributed by atoms with Crippen molar-refractivity contribution in [1.29, 1.82) is 0 Å². The number of nitrogens with zero attached hydrogens (tertiary/aromatic N) is 3. The first-order valence-corrected chi connectivity index (χ1v) is 8.25. The molecule has 0 aliphatic rings. The van der Waals surface area contributed by atoms with E-state index in [1.54, 1.807) is 12.1 Å². The zero-order valence-electron chi connectivity index (χ0n) is 12.0. The molecule has 6 nitrogen and oxygen atoms in total. The maximum Gasteiger partial charge on any atom is 0.270 e. The van der Waals surface area contributed by atoms with Gasteiger partial charge < -0.3 is 5.32 Å². The number of aryl methyl sites for hydroxylation is 1. The molecule has 0 atom stereocenters. The van der Waals surface area contributed by atoms with Crippen molar-refractivity contribution >= 4 is 43.8 Å². The normalized spacial score (nSPS) is 10.5. The number of nitro groups is 1. The van der Waals surface area contributed by atoms with Gasteiger partial charge in [-0.2, -0.15) is 0 Å². The highest BCUT2D eigenvalue weighted by atomic mass is 79.9. The predicted octanol–water partition coefficient (Wildman–Crippen LogP) is 4.93. The van der Waals surface area contributed by atoms with Gasteiger partial charge in [-0.3, -0.25) is 10.1 Å². The minimum Gasteiger partial charge on any atom is -0.330 e. The molecule has 0 saturated carbocycles. The van der Waals surface area contributed by atoms with Crippen LogP contribution in [0.3, 0.4) is 0 Å². The van der Waals surface area contributed by atoms with Gasteiger partial charge in [-0.25, -0.2) is 0 Å². The van der Waals surface area contributed by atoms with Crippen molar-refractivity contribution < 1.29 is 4.92 Å². The molecule has 116 valence electrons. The van der Waals surface area contributed by atoms with Crippen molar-refractivity contribution in [3.8, 4) is 10.6 Å². The molecule has 0 aliphatic heterocycles. The standard InChI is InChI=1S/C15H11BrN4O2S/c1-9-7-11(5-6-13(9)16)17-15-19-18-14(23-15)10-3-2-4-12(8-10)20(21)22/h2-8H,1H3,(H,17,19). The van der Waals surface area contributed by atoms with Gasteiger partial charge in [0.2, 0.25) is 5.13 Å². The SMILES string of the molecule is Cc1cc(Nc2nnc(-c3cccc([N+](=O)[O-])c3)s2)ccc1Br. The van der Waals surface area contributed by atoms with E-state index in [-0.39, 0.29) is 5.69 Å². The lowest BCUT2D eigenvalue weighted by molar-refractivity contribution is -0.384. The molecule has 0 amide bonds. The van der Waals surface area contributed by atoms with E-state index >= 15 is 0 Å². The highest BCUT2D eigenvalue weighted by Crippen LogP contribution is 2.31. The van der Waals surface area contributed by atoms with Crippen molar-refractivity contribution in [2.24, 2.45) is 0 Å². The van der Waals surface area contributed by atoms with Crippen LogP contribution in [0.15, 0.2) is 46.9 Å². The van der Waals surface area contributed by atoms with E-state index in [1.807, 2.05) is 25.1 Å². The molecular weight excluding hydrogens is 380 g/mol. The first kappa shape index (κ1) is 15.6. The van der Waals surface area contributed by atoms with Gasteiger partial charge in [0.05, 0.1) is 4.92 Å². The second-order valence-corrected chi connectivity index (χ2v) is 6.64. The summed E-state index contributed by atoms with van der Waals surface area (Å²) in [6, 6.07) is 12.3. The minimum absolute atomic E-state index is 0.0377. The first-order valence-electron chi connectivity index (χ1n) is 6.64. The lowest BCUT2D eigenvalue weighted by Crippen LogP contribution is -1.90. The maximum atomic E-state index is 10.8. The van der Waals surface area contributed by atoms with E-state index in [0.29, 0.717) is 15.7 Å². The van der Waals surface area contributed by atoms with Crippen LogP contribution in [0, 0.1) is 17.0 Å². The Kier molecular flexibility index (Phi) is 4.35. The van der Waals surface area contributed by atoms with E-state index in [1.165, 1.54) is 23.5 Å². The fourth-order valence-corrected chi connectivity index (χ4v) is 3.00. The van der Waals surface area contributed by atoms with Gasteiger partial charge in [-0.1, -0.05) is 39.4 Å². The Labute approximate surface area is 144 Å². The van der Waals surface area contributed by atoms with Gasteiger partial charge in [0.25, 0.3) is 5.69 Å². The molecule has 3 aromatic rings. The van der Waals surface area contributed by atoms with Crippen LogP contribution in [-0.4, -0.2) is 15.1 Å². The van der Waals surface area contributed by atoms with Crippen molar-refractivity contribution in [1.82, 2.24) is 10.2 Å². The third-order valence-corrected chi connectivity index (χ3v) is 4.92. The number of aromatic nitrogens is 2. The van der Waals surface area contributed by atoms with E-state index in [4.69, 9.17) is 0 Å². The molecule has 0 bridgehead atoms. The molecule has 1 aromatic heterocycles. The number of rotatable bonds is 4. The third kappa shape index (κ3) is 3.54. The maximum absolute atomic E-state index is 10.8. The highest BCUT2D eigenvalue weighted by Gasteiger charge is 2.11. The topological polar surface area (TPSA) is 81.0 Å². The Morgan fingerprint density at radius 2 is 2.04 bits per heavy atom. The Hall–Kier alpha value is -2.32. The Bertz CT molecular complexity index is 881. The van der Waals surface area contributed by atoms with Gasteiger partial charge in [-0.15, -0.1) is 10.2 Å². The van der Waals surface area contributed by atoms with Crippen LogP contribution >= 0.6 is 27.3 Å². The largest absolute Gasteiger partial charge is 0.330 e. The van der Waals surface area contributed by atoms with E-state index < -0.39 is 4.92 Å². The van der Waals surface area contributed by atoms with Crippen LogP contribution in [0.1, 0.15) is 5.56 Å². The molecule has 0 radical (unpaired) electrons. The number of nitro benzene ring substituents is 1. The number of non-ortho nitro benzene ring substituents is 1. The molecule has 23 heavy (non-hydrogen) atoms. The average Bonchev–Trinajstić information content (AvgIpc) is 2.99. The minimum atomic E-state index is -0.422. The Morgan fingerprint density at radius 1 is 1.22 bits per heavy atom. The fourth-order valence-electron chi connectivity index (χ4n) is 1.99. The molecule has 0 unspecified atom stereocenters. The highest BCUT2D eigenvalue weighted by molar-refractivity contribution is 9.10. The van der Waals surface area contributed by atoms with Gasteiger partial charge in [0, 0.05) is 27.9 Å². The summed E-state index contributed by atoms with van der Waals surface area (Å²) < 4.78 is 1.04. The van der Waals surface area contributed by atoms with Gasteiger partial charge >= 0.3 is 0 Å². The van der Waals surface area contributed by atoms with Crippen LogP contribution in [-0.2, 0) is 0 Å². The number of halogens is 1. The van der Waals surface area contributed by atoms with Gasteiger partial charge in [0.1, 0.15) is 5.01 Å². The summed E-state index contributed by atoms with van der Waals surface area (Å²) in [4.78, 5) is 10.4. The summed E-state index contributed by atoms with van der Waals surface area (Å²) in [6.45, 7) is 2.00. The summed E-state index contributed by atoms with van der Waals surface area (Å²) in [6.07, 6.45) is 0. The van der Waals surface area contributed by atoms with Crippen molar-refractivity contribution in [2.75, 3.05) is 5.32 Å². The van der Waals surface area contributed by atoms with Crippen molar-refractivity contribution in [2.45, 2.75) is 6.92 Å². The van der Waals surface area contributed by atoms with Crippen molar-refractivity contribution in [3.63, 3.8) is 0 Å². The Morgan fingerprint density at radius 3 is 2.78 bits per heavy atom. The van der Waals surface area contributed by atoms with Gasteiger partial charge in [0.15, 0.2) is 0 Å². The molecule has 8 heteroatoms. The fraction of sp³-hybridized carbons (Fsp3) is 0.0667. The molecule has 0 fully saturated rings. The summed E-state index contributed by atoms with van der Waals surface area (Å²) >= 11 is 4.80. The molecular formula is C15H11BrN4O2S. The second-order valence-electron chi connectivity index (χ2n) is 4.81. The number of hydrogen-bond acceptors (Lipinski definition) is 6. The van der Waals surface area contributed by atoms with E-state index in [9.17, 15) is 10.1 Å². The molecule has 2 aromatic carbocycles. The van der Waals surface area contributed by atoms with Crippen LogP contribution in [0.5, 0.6) is 0 Å². The smallest absolute Gasteiger partial charge is 0.270 e. The zero-order chi connectivity index (χ0) is 16.4. The van der Waals surface area contributed by atoms with Crippen LogP contribution < -0.4 is 5.32 Å². The predicted molar refractivity (Wildman–Crippen MR) is 94.2 cm³/mol. The lowest BCUT2D eigenvalue weighted by atomic mass is 10.2. The summed E-state index contributed by atoms with van der Waals surface area (Å²) in [7, 11) is 0. The molecule has 0 saturated heterocycles. The molecule has 0 spiro atoms. The molecule has 1 N–H and O–H groups in total. The number of nitrogens with one attached hydrogen (secondary N) is 1. The van der Waals surface area contributed by atoms with Crippen LogP contribution in [0.2, 0.25) is 0 Å². The molecule has 1 heterocycles. The first-order chi connectivity index (χ1) is 11.0. The van der Waals surface area contributed by atoms with Gasteiger partial charge in [-0.05, 0) is 30.7 Å². The number of hydrogen-bond donors (Lipinski definition) is 1. The van der Waals surface area contributed by atoms with E-state index in [2.05, 4.69) is 31.4 Å². The van der Waals surface area contributed by atoms with Crippen LogP contribution in [0.25, 0.3) is 10.6 Å². The third-order valence-electron chi connectivity index (χ3n) is 3.14. The summed E-state index contributed by atoms with van der Waals surface area (Å²) in [5.74, 6) is 0.